The van der Waals surface area contributed by atoms with Crippen molar-refractivity contribution in [3.8, 4) is 17.0 Å². The van der Waals surface area contributed by atoms with Crippen LogP contribution in [0.5, 0.6) is 5.75 Å². The quantitative estimate of drug-likeness (QED) is 0.633. The molecule has 0 aliphatic carbocycles. The number of anilines is 2. The second-order valence-electron chi connectivity index (χ2n) is 5.82. The summed E-state index contributed by atoms with van der Waals surface area (Å²) in [6, 6.07) is 11.2. The van der Waals surface area contributed by atoms with Crippen LogP contribution < -0.4 is 15.4 Å². The lowest BCUT2D eigenvalue weighted by Gasteiger charge is -2.12. The predicted molar refractivity (Wildman–Crippen MR) is 100 cm³/mol. The highest BCUT2D eigenvalue weighted by Crippen LogP contribution is 2.28. The molecule has 1 aromatic carbocycles. The van der Waals surface area contributed by atoms with Crippen molar-refractivity contribution in [2.45, 2.75) is 12.8 Å². The number of hydrogen-bond donors (Lipinski definition) is 2. The van der Waals surface area contributed by atoms with Gasteiger partial charge < -0.3 is 15.4 Å². The van der Waals surface area contributed by atoms with Gasteiger partial charge in [-0.25, -0.2) is 4.98 Å². The van der Waals surface area contributed by atoms with Crippen LogP contribution in [0.2, 0.25) is 0 Å². The maximum atomic E-state index is 12.5. The molecule has 0 bridgehead atoms. The smallest absolute Gasteiger partial charge is 0.406 e. The average molecular weight is 389 g/mol. The summed E-state index contributed by atoms with van der Waals surface area (Å²) in [6.07, 6.45) is -0.522. The molecule has 9 heteroatoms. The molecule has 0 amide bonds. The third kappa shape index (κ3) is 5.57. The van der Waals surface area contributed by atoms with E-state index in [0.717, 1.165) is 12.0 Å². The van der Waals surface area contributed by atoms with Crippen LogP contribution in [-0.4, -0.2) is 34.9 Å². The summed E-state index contributed by atoms with van der Waals surface area (Å²) >= 11 is 0. The van der Waals surface area contributed by atoms with E-state index in [1.807, 2.05) is 12.1 Å². The standard InChI is InChI=1S/C19H18F3N5O/c1-23-18-26-16(14-3-2-4-15(11-14)28-19(20,21)22)12-17(27-18)25-10-7-13-5-8-24-9-6-13/h2-6,8-9,11-12H,7,10H2,1H3,(H2,23,25,26,27). The Kier molecular flexibility index (Phi) is 5.93. The van der Waals surface area contributed by atoms with Gasteiger partial charge in [0.2, 0.25) is 5.95 Å². The molecule has 0 fully saturated rings. The first-order valence-corrected chi connectivity index (χ1v) is 8.49. The summed E-state index contributed by atoms with van der Waals surface area (Å²) in [5.74, 6) is 0.610. The fourth-order valence-electron chi connectivity index (χ4n) is 2.53. The van der Waals surface area contributed by atoms with E-state index < -0.39 is 6.36 Å². The van der Waals surface area contributed by atoms with Crippen LogP contribution in [0.15, 0.2) is 54.9 Å². The number of pyridine rings is 1. The molecule has 0 radical (unpaired) electrons. The molecule has 6 nitrogen and oxygen atoms in total. The summed E-state index contributed by atoms with van der Waals surface area (Å²) in [5.41, 5.74) is 2.08. The number of aromatic nitrogens is 3. The third-order valence-corrected chi connectivity index (χ3v) is 3.78. The second-order valence-corrected chi connectivity index (χ2v) is 5.82. The van der Waals surface area contributed by atoms with Crippen molar-refractivity contribution < 1.29 is 17.9 Å². The van der Waals surface area contributed by atoms with Crippen molar-refractivity contribution in [3.05, 3.63) is 60.4 Å². The van der Waals surface area contributed by atoms with E-state index in [0.29, 0.717) is 29.6 Å². The van der Waals surface area contributed by atoms with Gasteiger partial charge in [-0.05, 0) is 36.2 Å². The van der Waals surface area contributed by atoms with Crippen LogP contribution in [0, 0.1) is 0 Å². The molecule has 0 aliphatic heterocycles. The fourth-order valence-corrected chi connectivity index (χ4v) is 2.53. The molecule has 146 valence electrons. The lowest BCUT2D eigenvalue weighted by molar-refractivity contribution is -0.274. The number of alkyl halides is 3. The second kappa shape index (κ2) is 8.55. The van der Waals surface area contributed by atoms with Crippen molar-refractivity contribution in [1.29, 1.82) is 0 Å². The predicted octanol–water partition coefficient (Wildman–Crippen LogP) is 4.13. The molecule has 3 rings (SSSR count). The van der Waals surface area contributed by atoms with E-state index in [2.05, 4.69) is 30.3 Å². The summed E-state index contributed by atoms with van der Waals surface area (Å²) in [6.45, 7) is 0.626. The monoisotopic (exact) mass is 389 g/mol. The fraction of sp³-hybridized carbons (Fsp3) is 0.211. The van der Waals surface area contributed by atoms with Crippen molar-refractivity contribution in [2.24, 2.45) is 0 Å². The van der Waals surface area contributed by atoms with E-state index in [4.69, 9.17) is 0 Å². The number of nitrogens with one attached hydrogen (secondary N) is 2. The van der Waals surface area contributed by atoms with Crippen LogP contribution in [0.25, 0.3) is 11.3 Å². The number of nitrogens with zero attached hydrogens (tertiary/aromatic N) is 3. The molecular formula is C19H18F3N5O. The highest BCUT2D eigenvalue weighted by atomic mass is 19.4. The first-order valence-electron chi connectivity index (χ1n) is 8.49. The van der Waals surface area contributed by atoms with Crippen molar-refractivity contribution in [2.75, 3.05) is 24.2 Å². The van der Waals surface area contributed by atoms with Gasteiger partial charge in [0.05, 0.1) is 5.69 Å². The molecule has 0 unspecified atom stereocenters. The zero-order valence-electron chi connectivity index (χ0n) is 15.0. The van der Waals surface area contributed by atoms with Crippen LogP contribution in [0.3, 0.4) is 0 Å². The van der Waals surface area contributed by atoms with Gasteiger partial charge >= 0.3 is 6.36 Å². The first kappa shape index (κ1) is 19.4. The highest BCUT2D eigenvalue weighted by molar-refractivity contribution is 5.65. The Labute approximate surface area is 159 Å². The van der Waals surface area contributed by atoms with Gasteiger partial charge in [-0.3, -0.25) is 4.98 Å². The van der Waals surface area contributed by atoms with E-state index in [1.54, 1.807) is 31.6 Å². The SMILES string of the molecule is CNc1nc(NCCc2ccncc2)cc(-c2cccc(OC(F)(F)F)c2)n1. The number of halogens is 3. The molecule has 0 aliphatic rings. The summed E-state index contributed by atoms with van der Waals surface area (Å²) in [7, 11) is 1.67. The molecule has 2 heterocycles. The van der Waals surface area contributed by atoms with Crippen LogP contribution in [0.4, 0.5) is 24.9 Å². The number of benzene rings is 1. The zero-order valence-corrected chi connectivity index (χ0v) is 15.0. The minimum atomic E-state index is -4.75. The van der Waals surface area contributed by atoms with Gasteiger partial charge in [-0.2, -0.15) is 4.98 Å². The first-order chi connectivity index (χ1) is 13.4. The van der Waals surface area contributed by atoms with Crippen LogP contribution >= 0.6 is 0 Å². The van der Waals surface area contributed by atoms with E-state index >= 15 is 0 Å². The number of hydrogen-bond acceptors (Lipinski definition) is 6. The topological polar surface area (TPSA) is 72.0 Å². The Morgan fingerprint density at radius 3 is 2.54 bits per heavy atom. The van der Waals surface area contributed by atoms with Crippen molar-refractivity contribution >= 4 is 11.8 Å². The Morgan fingerprint density at radius 2 is 1.82 bits per heavy atom. The average Bonchev–Trinajstić information content (AvgIpc) is 2.67. The lowest BCUT2D eigenvalue weighted by atomic mass is 10.1. The minimum Gasteiger partial charge on any atom is -0.406 e. The van der Waals surface area contributed by atoms with Gasteiger partial charge in [0.25, 0.3) is 0 Å². The Morgan fingerprint density at radius 1 is 1.04 bits per heavy atom. The molecule has 2 aromatic heterocycles. The van der Waals surface area contributed by atoms with Gasteiger partial charge in [0.1, 0.15) is 11.6 Å². The van der Waals surface area contributed by atoms with Gasteiger partial charge in [-0.15, -0.1) is 13.2 Å². The van der Waals surface area contributed by atoms with Crippen molar-refractivity contribution in [3.63, 3.8) is 0 Å². The molecular weight excluding hydrogens is 371 g/mol. The molecule has 3 aromatic rings. The van der Waals surface area contributed by atoms with E-state index in [-0.39, 0.29) is 5.75 Å². The summed E-state index contributed by atoms with van der Waals surface area (Å²) < 4.78 is 41.4. The Hall–Kier alpha value is -3.36. The molecule has 0 saturated heterocycles. The molecule has 0 saturated carbocycles. The van der Waals surface area contributed by atoms with Crippen LogP contribution in [0.1, 0.15) is 5.56 Å². The Bertz CT molecular complexity index is 919. The van der Waals surface area contributed by atoms with Crippen LogP contribution in [-0.2, 0) is 6.42 Å². The molecule has 0 atom stereocenters. The maximum Gasteiger partial charge on any atom is 0.573 e. The Balaban J connectivity index is 1.78. The van der Waals surface area contributed by atoms with Gasteiger partial charge in [-0.1, -0.05) is 12.1 Å². The normalized spacial score (nSPS) is 11.1. The lowest BCUT2D eigenvalue weighted by Crippen LogP contribution is -2.17. The molecule has 28 heavy (non-hydrogen) atoms. The minimum absolute atomic E-state index is 0.304. The zero-order chi connectivity index (χ0) is 20.0. The molecule has 0 spiro atoms. The van der Waals surface area contributed by atoms with Crippen molar-refractivity contribution in [1.82, 2.24) is 15.0 Å². The van der Waals surface area contributed by atoms with E-state index in [9.17, 15) is 13.2 Å². The largest absolute Gasteiger partial charge is 0.573 e. The van der Waals surface area contributed by atoms with E-state index in [1.165, 1.54) is 18.2 Å². The number of rotatable bonds is 7. The molecule has 2 N–H and O–H groups in total. The highest BCUT2D eigenvalue weighted by Gasteiger charge is 2.31. The van der Waals surface area contributed by atoms with Gasteiger partial charge in [0, 0.05) is 37.6 Å². The number of ether oxygens (including phenoxy) is 1. The maximum absolute atomic E-state index is 12.5. The summed E-state index contributed by atoms with van der Waals surface area (Å²) in [4.78, 5) is 12.6. The summed E-state index contributed by atoms with van der Waals surface area (Å²) in [5, 5.41) is 6.06. The van der Waals surface area contributed by atoms with Gasteiger partial charge in [0.15, 0.2) is 0 Å². The third-order valence-electron chi connectivity index (χ3n) is 3.78.